The van der Waals surface area contributed by atoms with E-state index in [9.17, 15) is 4.79 Å². The Hall–Kier alpha value is -1.36. The number of hydrogen-bond donors (Lipinski definition) is 2. The van der Waals surface area contributed by atoms with E-state index in [0.29, 0.717) is 6.54 Å². The average Bonchev–Trinajstić information content (AvgIpc) is 2.43. The van der Waals surface area contributed by atoms with Crippen molar-refractivity contribution < 1.29 is 14.4 Å². The Morgan fingerprint density at radius 1 is 1.64 bits per heavy atom. The van der Waals surface area contributed by atoms with Gasteiger partial charge in [0, 0.05) is 12.1 Å². The third kappa shape index (κ3) is 2.32. The number of aliphatic carboxylic acids is 1. The molecule has 5 nitrogen and oxygen atoms in total. The molecule has 0 saturated heterocycles. The number of aryl methyl sites for hydroxylation is 2. The van der Waals surface area contributed by atoms with Crippen molar-refractivity contribution in [1.29, 1.82) is 0 Å². The van der Waals surface area contributed by atoms with Crippen LogP contribution in [0.15, 0.2) is 4.52 Å². The molecule has 14 heavy (non-hydrogen) atoms. The van der Waals surface area contributed by atoms with Gasteiger partial charge >= 0.3 is 5.97 Å². The van der Waals surface area contributed by atoms with Crippen LogP contribution in [0.1, 0.15) is 23.9 Å². The first-order valence-corrected chi connectivity index (χ1v) is 4.40. The molecule has 5 heteroatoms. The highest BCUT2D eigenvalue weighted by Crippen LogP contribution is 2.11. The Kier molecular flexibility index (Phi) is 3.24. The maximum Gasteiger partial charge on any atom is 0.320 e. The minimum absolute atomic E-state index is 0.467. The Bertz CT molecular complexity index is 313. The highest BCUT2D eigenvalue weighted by Gasteiger charge is 2.13. The van der Waals surface area contributed by atoms with E-state index in [2.05, 4.69) is 10.5 Å². The van der Waals surface area contributed by atoms with Gasteiger partial charge in [-0.25, -0.2) is 0 Å². The smallest absolute Gasteiger partial charge is 0.320 e. The van der Waals surface area contributed by atoms with Crippen LogP contribution in [0.2, 0.25) is 0 Å². The SMILES string of the molecule is Cc1noc(C)c1CNC(C)C(=O)O. The molecule has 0 radical (unpaired) electrons. The standard InChI is InChI=1S/C9H14N2O3/c1-5-8(7(3)14-11-5)4-10-6(2)9(12)13/h6,10H,4H2,1-3H3,(H,12,13). The van der Waals surface area contributed by atoms with Gasteiger partial charge in [-0.05, 0) is 20.8 Å². The Balaban J connectivity index is 2.57. The summed E-state index contributed by atoms with van der Waals surface area (Å²) in [6, 6.07) is -0.566. The van der Waals surface area contributed by atoms with Crippen LogP contribution in [0, 0.1) is 13.8 Å². The summed E-state index contributed by atoms with van der Waals surface area (Å²) >= 11 is 0. The lowest BCUT2D eigenvalue weighted by Gasteiger charge is -2.07. The summed E-state index contributed by atoms with van der Waals surface area (Å²) in [4.78, 5) is 10.5. The zero-order valence-corrected chi connectivity index (χ0v) is 8.50. The summed E-state index contributed by atoms with van der Waals surface area (Å²) in [6.45, 7) is 5.70. The molecule has 2 N–H and O–H groups in total. The van der Waals surface area contributed by atoms with E-state index >= 15 is 0 Å². The van der Waals surface area contributed by atoms with Crippen LogP contribution in [0.3, 0.4) is 0 Å². The van der Waals surface area contributed by atoms with Gasteiger partial charge in [-0.3, -0.25) is 4.79 Å². The second kappa shape index (κ2) is 4.23. The van der Waals surface area contributed by atoms with Crippen molar-refractivity contribution in [3.05, 3.63) is 17.0 Å². The van der Waals surface area contributed by atoms with E-state index in [1.807, 2.05) is 13.8 Å². The number of rotatable bonds is 4. The minimum atomic E-state index is -0.864. The maximum absolute atomic E-state index is 10.5. The molecule has 1 aromatic rings. The van der Waals surface area contributed by atoms with E-state index in [1.165, 1.54) is 0 Å². The molecule has 0 aliphatic carbocycles. The molecule has 0 aliphatic heterocycles. The number of aromatic nitrogens is 1. The third-order valence-electron chi connectivity index (χ3n) is 2.14. The molecule has 1 rings (SSSR count). The molecular formula is C9H14N2O3. The van der Waals surface area contributed by atoms with Crippen molar-refractivity contribution in [2.24, 2.45) is 0 Å². The molecule has 1 heterocycles. The van der Waals surface area contributed by atoms with Crippen molar-refractivity contribution in [3.8, 4) is 0 Å². The number of carbonyl (C=O) groups is 1. The molecule has 0 fully saturated rings. The molecule has 1 aromatic heterocycles. The summed E-state index contributed by atoms with van der Waals surface area (Å²) in [5, 5.41) is 15.3. The number of hydrogen-bond acceptors (Lipinski definition) is 4. The molecule has 0 aromatic carbocycles. The van der Waals surface area contributed by atoms with E-state index in [-0.39, 0.29) is 0 Å². The van der Waals surface area contributed by atoms with Crippen molar-refractivity contribution in [2.75, 3.05) is 0 Å². The van der Waals surface area contributed by atoms with Gasteiger partial charge in [0.05, 0.1) is 5.69 Å². The second-order valence-electron chi connectivity index (χ2n) is 3.24. The summed E-state index contributed by atoms with van der Waals surface area (Å²) in [7, 11) is 0. The Morgan fingerprint density at radius 2 is 2.29 bits per heavy atom. The largest absolute Gasteiger partial charge is 0.480 e. The molecule has 0 saturated carbocycles. The van der Waals surface area contributed by atoms with E-state index in [4.69, 9.17) is 9.63 Å². The first kappa shape index (κ1) is 10.7. The van der Waals surface area contributed by atoms with Crippen LogP contribution < -0.4 is 5.32 Å². The second-order valence-corrected chi connectivity index (χ2v) is 3.24. The normalized spacial score (nSPS) is 12.8. The zero-order valence-electron chi connectivity index (χ0n) is 8.50. The van der Waals surface area contributed by atoms with Crippen LogP contribution in [0.25, 0.3) is 0 Å². The predicted molar refractivity (Wildman–Crippen MR) is 49.9 cm³/mol. The Morgan fingerprint density at radius 3 is 2.71 bits per heavy atom. The van der Waals surface area contributed by atoms with Gasteiger partial charge in [-0.2, -0.15) is 0 Å². The van der Waals surface area contributed by atoms with Crippen LogP contribution in [0.4, 0.5) is 0 Å². The van der Waals surface area contributed by atoms with Gasteiger partial charge in [-0.15, -0.1) is 0 Å². The average molecular weight is 198 g/mol. The van der Waals surface area contributed by atoms with Crippen molar-refractivity contribution in [2.45, 2.75) is 33.4 Å². The molecule has 0 spiro atoms. The van der Waals surface area contributed by atoms with Crippen LogP contribution >= 0.6 is 0 Å². The van der Waals surface area contributed by atoms with Crippen LogP contribution in [-0.2, 0) is 11.3 Å². The molecule has 0 aliphatic rings. The van der Waals surface area contributed by atoms with Crippen molar-refractivity contribution in [3.63, 3.8) is 0 Å². The fraction of sp³-hybridized carbons (Fsp3) is 0.556. The topological polar surface area (TPSA) is 75.4 Å². The number of carboxylic acids is 1. The number of carboxylic acid groups (broad SMARTS) is 1. The van der Waals surface area contributed by atoms with Crippen molar-refractivity contribution >= 4 is 5.97 Å². The highest BCUT2D eigenvalue weighted by molar-refractivity contribution is 5.72. The lowest BCUT2D eigenvalue weighted by Crippen LogP contribution is -2.33. The lowest BCUT2D eigenvalue weighted by molar-refractivity contribution is -0.139. The molecular weight excluding hydrogens is 184 g/mol. The first-order valence-electron chi connectivity index (χ1n) is 4.40. The van der Waals surface area contributed by atoms with Crippen LogP contribution in [0.5, 0.6) is 0 Å². The van der Waals surface area contributed by atoms with Gasteiger partial charge in [0.15, 0.2) is 0 Å². The summed E-state index contributed by atoms with van der Waals surface area (Å²) in [6.07, 6.45) is 0. The lowest BCUT2D eigenvalue weighted by atomic mass is 10.2. The van der Waals surface area contributed by atoms with Crippen LogP contribution in [-0.4, -0.2) is 22.3 Å². The molecule has 1 atom stereocenters. The molecule has 0 bridgehead atoms. The van der Waals surface area contributed by atoms with Gasteiger partial charge in [-0.1, -0.05) is 5.16 Å². The summed E-state index contributed by atoms with van der Waals surface area (Å²) < 4.78 is 4.95. The first-order chi connectivity index (χ1) is 6.52. The fourth-order valence-electron chi connectivity index (χ4n) is 1.10. The zero-order chi connectivity index (χ0) is 10.7. The fourth-order valence-corrected chi connectivity index (χ4v) is 1.10. The van der Waals surface area contributed by atoms with Gasteiger partial charge in [0.25, 0.3) is 0 Å². The molecule has 78 valence electrons. The summed E-state index contributed by atoms with van der Waals surface area (Å²) in [5.41, 5.74) is 1.73. The number of nitrogens with zero attached hydrogens (tertiary/aromatic N) is 1. The maximum atomic E-state index is 10.5. The minimum Gasteiger partial charge on any atom is -0.480 e. The monoisotopic (exact) mass is 198 g/mol. The van der Waals surface area contributed by atoms with E-state index in [1.54, 1.807) is 6.92 Å². The quantitative estimate of drug-likeness (QED) is 0.750. The highest BCUT2D eigenvalue weighted by atomic mass is 16.5. The van der Waals surface area contributed by atoms with Gasteiger partial charge in [0.1, 0.15) is 11.8 Å². The van der Waals surface area contributed by atoms with Crippen molar-refractivity contribution in [1.82, 2.24) is 10.5 Å². The van der Waals surface area contributed by atoms with Gasteiger partial charge in [0.2, 0.25) is 0 Å². The Labute approximate surface area is 82.1 Å². The predicted octanol–water partition coefficient (Wildman–Crippen LogP) is 0.854. The summed E-state index contributed by atoms with van der Waals surface area (Å²) in [5.74, 6) is -0.135. The third-order valence-corrected chi connectivity index (χ3v) is 2.14. The molecule has 1 unspecified atom stereocenters. The molecule has 0 amide bonds. The van der Waals surface area contributed by atoms with Gasteiger partial charge < -0.3 is 14.9 Å². The van der Waals surface area contributed by atoms with E-state index in [0.717, 1.165) is 17.0 Å². The van der Waals surface area contributed by atoms with E-state index < -0.39 is 12.0 Å². The number of nitrogens with one attached hydrogen (secondary N) is 1.